The molecule has 0 radical (unpaired) electrons. The van der Waals surface area contributed by atoms with Gasteiger partial charge in [-0.25, -0.2) is 8.78 Å². The fourth-order valence-electron chi connectivity index (χ4n) is 4.12. The van der Waals surface area contributed by atoms with Crippen LogP contribution in [-0.4, -0.2) is 40.2 Å². The van der Waals surface area contributed by atoms with Crippen LogP contribution in [0.5, 0.6) is 0 Å². The average molecular weight is 447 g/mol. The highest BCUT2D eigenvalue weighted by atomic mass is 19.3. The van der Waals surface area contributed by atoms with Crippen molar-refractivity contribution < 1.29 is 18.4 Å². The van der Waals surface area contributed by atoms with Gasteiger partial charge in [0.15, 0.2) is 0 Å². The van der Waals surface area contributed by atoms with Crippen LogP contribution < -0.4 is 21.3 Å². The van der Waals surface area contributed by atoms with Crippen molar-refractivity contribution in [3.8, 4) is 0 Å². The molecule has 8 nitrogen and oxygen atoms in total. The maximum absolute atomic E-state index is 12.9. The smallest absolute Gasteiger partial charge is 0.269 e. The molecule has 1 unspecified atom stereocenters. The molecule has 1 aliphatic heterocycles. The molecule has 2 aromatic rings. The van der Waals surface area contributed by atoms with Crippen molar-refractivity contribution in [3.63, 3.8) is 0 Å². The molecular weight excluding hydrogens is 418 g/mol. The highest BCUT2D eigenvalue weighted by Crippen LogP contribution is 2.43. The lowest BCUT2D eigenvalue weighted by Crippen LogP contribution is -2.39. The molecule has 1 aromatic carbocycles. The number of carbonyl (C=O) groups is 2. The monoisotopic (exact) mass is 446 g/mol. The number of benzene rings is 1. The molecule has 0 saturated heterocycles. The number of aromatic nitrogens is 2. The molecule has 1 fully saturated rings. The lowest BCUT2D eigenvalue weighted by Gasteiger charge is -2.34. The summed E-state index contributed by atoms with van der Waals surface area (Å²) in [5, 5.41) is 16.5. The van der Waals surface area contributed by atoms with E-state index in [-0.39, 0.29) is 49.2 Å². The van der Waals surface area contributed by atoms with E-state index in [4.69, 9.17) is 0 Å². The molecule has 2 heterocycles. The largest absolute Gasteiger partial charge is 0.362 e. The fraction of sp³-hybridized carbons (Fsp3) is 0.500. The van der Waals surface area contributed by atoms with Crippen molar-refractivity contribution >= 4 is 23.2 Å². The minimum Gasteiger partial charge on any atom is -0.362 e. The van der Waals surface area contributed by atoms with Crippen LogP contribution in [0, 0.1) is 5.92 Å². The summed E-state index contributed by atoms with van der Waals surface area (Å²) in [6, 6.07) is 7.51. The van der Waals surface area contributed by atoms with Crippen molar-refractivity contribution in [3.05, 3.63) is 41.7 Å². The van der Waals surface area contributed by atoms with E-state index in [2.05, 4.69) is 26.4 Å². The molecule has 1 aromatic heterocycles. The van der Waals surface area contributed by atoms with Gasteiger partial charge in [0, 0.05) is 38.0 Å². The van der Waals surface area contributed by atoms with E-state index >= 15 is 0 Å². The molecule has 10 heteroatoms. The molecule has 2 aliphatic rings. The van der Waals surface area contributed by atoms with Crippen molar-refractivity contribution in [1.82, 2.24) is 20.4 Å². The van der Waals surface area contributed by atoms with Gasteiger partial charge < -0.3 is 21.3 Å². The van der Waals surface area contributed by atoms with Crippen molar-refractivity contribution in [2.24, 2.45) is 5.92 Å². The quantitative estimate of drug-likeness (QED) is 0.499. The number of carbonyl (C=O) groups excluding carboxylic acids is 2. The second-order valence-electron chi connectivity index (χ2n) is 8.80. The molecule has 2 amide bonds. The van der Waals surface area contributed by atoms with E-state index in [1.54, 1.807) is 16.9 Å². The molecule has 1 atom stereocenters. The summed E-state index contributed by atoms with van der Waals surface area (Å²) in [5.41, 5.74) is 3.19. The van der Waals surface area contributed by atoms with Gasteiger partial charge in [0.05, 0.1) is 17.9 Å². The first-order chi connectivity index (χ1) is 15.2. The number of halogens is 2. The summed E-state index contributed by atoms with van der Waals surface area (Å²) >= 11 is 0. The van der Waals surface area contributed by atoms with E-state index in [0.717, 1.165) is 16.9 Å². The predicted octanol–water partition coefficient (Wildman–Crippen LogP) is 3.11. The third-order valence-electron chi connectivity index (χ3n) is 5.74. The third kappa shape index (κ3) is 5.00. The number of nitrogens with one attached hydrogen (secondary N) is 4. The first kappa shape index (κ1) is 22.0. The number of anilines is 2. The summed E-state index contributed by atoms with van der Waals surface area (Å²) in [7, 11) is 0. The highest BCUT2D eigenvalue weighted by Gasteiger charge is 2.45. The minimum atomic E-state index is -2.60. The van der Waals surface area contributed by atoms with Crippen LogP contribution in [-0.2, 0) is 11.3 Å². The number of rotatable bonds is 8. The van der Waals surface area contributed by atoms with Gasteiger partial charge in [-0.15, -0.1) is 0 Å². The van der Waals surface area contributed by atoms with Gasteiger partial charge >= 0.3 is 0 Å². The van der Waals surface area contributed by atoms with Gasteiger partial charge in [-0.2, -0.15) is 5.10 Å². The van der Waals surface area contributed by atoms with Crippen LogP contribution in [0.4, 0.5) is 20.2 Å². The summed E-state index contributed by atoms with van der Waals surface area (Å²) in [4.78, 5) is 24.5. The summed E-state index contributed by atoms with van der Waals surface area (Å²) in [6.45, 7) is 4.63. The standard InChI is InChI=1S/C22H28F2N6O2/c1-13(2)30-18(5-6-27-30)21(32)26-12-19-28-16-4-3-14(7-17(16)29-19)11-25-20(31)8-15-9-22(23,24)10-15/h3-7,13,15,19,28-29H,8-12H2,1-2H3,(H,25,31)(H,26,32). The van der Waals surface area contributed by atoms with E-state index < -0.39 is 5.92 Å². The Kier molecular flexibility index (Phi) is 6.03. The van der Waals surface area contributed by atoms with Crippen molar-refractivity contribution in [2.75, 3.05) is 17.2 Å². The Balaban J connectivity index is 1.24. The molecule has 172 valence electrons. The number of fused-ring (bicyclic) bond motifs is 1. The fourth-order valence-corrected chi connectivity index (χ4v) is 4.12. The van der Waals surface area contributed by atoms with Crippen LogP contribution in [0.2, 0.25) is 0 Å². The number of amides is 2. The van der Waals surface area contributed by atoms with E-state index in [0.29, 0.717) is 18.8 Å². The molecule has 0 spiro atoms. The van der Waals surface area contributed by atoms with Crippen LogP contribution in [0.3, 0.4) is 0 Å². The van der Waals surface area contributed by atoms with Crippen molar-refractivity contribution in [1.29, 1.82) is 0 Å². The Bertz CT molecular complexity index is 998. The molecule has 4 rings (SSSR count). The molecular formula is C22H28F2N6O2. The number of hydrogen-bond donors (Lipinski definition) is 4. The third-order valence-corrected chi connectivity index (χ3v) is 5.74. The minimum absolute atomic E-state index is 0.0892. The number of nitrogens with zero attached hydrogens (tertiary/aromatic N) is 2. The Morgan fingerprint density at radius 1 is 1.19 bits per heavy atom. The summed E-state index contributed by atoms with van der Waals surface area (Å²) in [6.07, 6.45) is 1.17. The second kappa shape index (κ2) is 8.76. The van der Waals surface area contributed by atoms with Gasteiger partial charge in [-0.05, 0) is 43.5 Å². The first-order valence-corrected chi connectivity index (χ1v) is 10.8. The van der Waals surface area contributed by atoms with Crippen LogP contribution in [0.1, 0.15) is 55.2 Å². The van der Waals surface area contributed by atoms with Gasteiger partial charge in [0.25, 0.3) is 5.91 Å². The average Bonchev–Trinajstić information content (AvgIpc) is 3.35. The summed E-state index contributed by atoms with van der Waals surface area (Å²) < 4.78 is 27.5. The maximum atomic E-state index is 12.9. The number of hydrogen-bond acceptors (Lipinski definition) is 5. The highest BCUT2D eigenvalue weighted by molar-refractivity contribution is 5.92. The van der Waals surface area contributed by atoms with Gasteiger partial charge in [0.1, 0.15) is 11.9 Å². The number of alkyl halides is 2. The maximum Gasteiger partial charge on any atom is 0.269 e. The molecule has 1 saturated carbocycles. The van der Waals surface area contributed by atoms with E-state index in [1.807, 2.05) is 32.0 Å². The zero-order valence-electron chi connectivity index (χ0n) is 18.1. The van der Waals surface area contributed by atoms with E-state index in [9.17, 15) is 18.4 Å². The van der Waals surface area contributed by atoms with Gasteiger partial charge in [-0.1, -0.05) is 6.07 Å². The van der Waals surface area contributed by atoms with E-state index in [1.165, 1.54) is 0 Å². The summed E-state index contributed by atoms with van der Waals surface area (Å²) in [5.74, 6) is -3.23. The molecule has 0 bridgehead atoms. The van der Waals surface area contributed by atoms with Crippen LogP contribution in [0.15, 0.2) is 30.5 Å². The SMILES string of the molecule is CC(C)n1nccc1C(=O)NCC1Nc2ccc(CNC(=O)CC3CC(F)(F)C3)cc2N1. The Hall–Kier alpha value is -3.17. The predicted molar refractivity (Wildman–Crippen MR) is 117 cm³/mol. The zero-order chi connectivity index (χ0) is 22.9. The first-order valence-electron chi connectivity index (χ1n) is 10.8. The zero-order valence-corrected chi connectivity index (χ0v) is 18.1. The van der Waals surface area contributed by atoms with Crippen LogP contribution in [0.25, 0.3) is 0 Å². The lowest BCUT2D eigenvalue weighted by molar-refractivity contribution is -0.133. The second-order valence-corrected chi connectivity index (χ2v) is 8.80. The van der Waals surface area contributed by atoms with Crippen LogP contribution >= 0.6 is 0 Å². The Morgan fingerprint density at radius 2 is 1.94 bits per heavy atom. The van der Waals surface area contributed by atoms with Gasteiger partial charge in [-0.3, -0.25) is 14.3 Å². The molecule has 4 N–H and O–H groups in total. The lowest BCUT2D eigenvalue weighted by atomic mass is 9.79. The topological polar surface area (TPSA) is 100 Å². The Morgan fingerprint density at radius 3 is 2.66 bits per heavy atom. The van der Waals surface area contributed by atoms with Crippen molar-refractivity contribution in [2.45, 2.75) is 57.8 Å². The normalized spacial score (nSPS) is 19.0. The Labute approximate surface area is 185 Å². The molecule has 32 heavy (non-hydrogen) atoms. The molecule has 1 aliphatic carbocycles. The van der Waals surface area contributed by atoms with Gasteiger partial charge in [0.2, 0.25) is 11.8 Å².